The second kappa shape index (κ2) is 5.81. The Balaban J connectivity index is 0.000000203. The number of alkyl halides is 3. The summed E-state index contributed by atoms with van der Waals surface area (Å²) < 4.78 is 31.7. The number of aliphatic carboxylic acids is 1. The lowest BCUT2D eigenvalue weighted by atomic mass is 9.92. The van der Waals surface area contributed by atoms with Gasteiger partial charge >= 0.3 is 12.1 Å². The molecule has 0 saturated carbocycles. The first-order valence-corrected chi connectivity index (χ1v) is 5.23. The van der Waals surface area contributed by atoms with Gasteiger partial charge < -0.3 is 10.4 Å². The van der Waals surface area contributed by atoms with E-state index in [1.807, 2.05) is 6.08 Å². The summed E-state index contributed by atoms with van der Waals surface area (Å²) in [5.74, 6) is -2.51. The highest BCUT2D eigenvalue weighted by Crippen LogP contribution is 2.21. The van der Waals surface area contributed by atoms with Gasteiger partial charge in [-0.15, -0.1) is 0 Å². The van der Waals surface area contributed by atoms with Crippen molar-refractivity contribution in [2.75, 3.05) is 13.1 Å². The summed E-state index contributed by atoms with van der Waals surface area (Å²) in [5, 5.41) is 10.4. The molecule has 18 heavy (non-hydrogen) atoms. The Bertz CT molecular complexity index is 410. The van der Waals surface area contributed by atoms with Crippen LogP contribution in [0.5, 0.6) is 0 Å². The maximum atomic E-state index is 11.0. The molecular formula is C11H12F3NO3. The fourth-order valence-corrected chi connectivity index (χ4v) is 1.59. The van der Waals surface area contributed by atoms with Gasteiger partial charge in [-0.2, -0.15) is 13.2 Å². The van der Waals surface area contributed by atoms with Crippen LogP contribution in [0.1, 0.15) is 12.8 Å². The molecule has 0 aromatic heterocycles. The van der Waals surface area contributed by atoms with Gasteiger partial charge in [0.2, 0.25) is 0 Å². The van der Waals surface area contributed by atoms with Gasteiger partial charge in [0, 0.05) is 13.0 Å². The molecule has 0 amide bonds. The largest absolute Gasteiger partial charge is 0.490 e. The summed E-state index contributed by atoms with van der Waals surface area (Å²) >= 11 is 0. The molecule has 0 unspecified atom stereocenters. The van der Waals surface area contributed by atoms with Crippen molar-refractivity contribution in [3.05, 3.63) is 23.3 Å². The Labute approximate surface area is 101 Å². The van der Waals surface area contributed by atoms with Gasteiger partial charge in [-0.1, -0.05) is 6.08 Å². The molecule has 100 valence electrons. The summed E-state index contributed by atoms with van der Waals surface area (Å²) in [7, 11) is 0. The first kappa shape index (κ1) is 14.4. The zero-order chi connectivity index (χ0) is 13.8. The molecule has 4 nitrogen and oxygen atoms in total. The van der Waals surface area contributed by atoms with Crippen molar-refractivity contribution in [3.63, 3.8) is 0 Å². The number of carboxylic acid groups (broad SMARTS) is 1. The Morgan fingerprint density at radius 2 is 1.94 bits per heavy atom. The van der Waals surface area contributed by atoms with Crippen LogP contribution >= 0.6 is 0 Å². The molecule has 0 aromatic carbocycles. The van der Waals surface area contributed by atoms with Crippen molar-refractivity contribution in [2.24, 2.45) is 0 Å². The monoisotopic (exact) mass is 263 g/mol. The molecule has 0 saturated heterocycles. The van der Waals surface area contributed by atoms with Gasteiger partial charge in [-0.3, -0.25) is 4.79 Å². The predicted octanol–water partition coefficient (Wildman–Crippen LogP) is 1.44. The quantitative estimate of drug-likeness (QED) is 0.694. The lowest BCUT2D eigenvalue weighted by Crippen LogP contribution is -2.27. The van der Waals surface area contributed by atoms with Crippen molar-refractivity contribution in [2.45, 2.75) is 19.0 Å². The van der Waals surface area contributed by atoms with Gasteiger partial charge in [0.25, 0.3) is 0 Å². The van der Waals surface area contributed by atoms with E-state index in [1.54, 1.807) is 6.08 Å². The van der Waals surface area contributed by atoms with Crippen LogP contribution in [0.4, 0.5) is 13.2 Å². The third-order valence-electron chi connectivity index (χ3n) is 2.46. The van der Waals surface area contributed by atoms with Gasteiger partial charge in [0.15, 0.2) is 5.78 Å². The summed E-state index contributed by atoms with van der Waals surface area (Å²) in [6, 6.07) is 0. The van der Waals surface area contributed by atoms with Gasteiger partial charge in [0.05, 0.1) is 0 Å². The maximum Gasteiger partial charge on any atom is 0.490 e. The van der Waals surface area contributed by atoms with Crippen LogP contribution in [-0.2, 0) is 9.59 Å². The van der Waals surface area contributed by atoms with Crippen LogP contribution in [0, 0.1) is 0 Å². The molecule has 1 aliphatic heterocycles. The number of rotatable bonds is 0. The summed E-state index contributed by atoms with van der Waals surface area (Å²) in [4.78, 5) is 19.9. The van der Waals surface area contributed by atoms with Gasteiger partial charge in [-0.25, -0.2) is 4.79 Å². The lowest BCUT2D eigenvalue weighted by molar-refractivity contribution is -0.192. The Morgan fingerprint density at radius 3 is 2.50 bits per heavy atom. The van der Waals surface area contributed by atoms with Crippen molar-refractivity contribution in [1.29, 1.82) is 0 Å². The van der Waals surface area contributed by atoms with Crippen LogP contribution in [0.3, 0.4) is 0 Å². The highest BCUT2D eigenvalue weighted by Gasteiger charge is 2.38. The van der Waals surface area contributed by atoms with E-state index in [1.165, 1.54) is 11.1 Å². The summed E-state index contributed by atoms with van der Waals surface area (Å²) in [6.45, 7) is 1.96. The van der Waals surface area contributed by atoms with E-state index in [0.29, 0.717) is 6.42 Å². The Morgan fingerprint density at radius 1 is 1.33 bits per heavy atom. The van der Waals surface area contributed by atoms with E-state index in [0.717, 1.165) is 19.5 Å². The van der Waals surface area contributed by atoms with Crippen LogP contribution < -0.4 is 5.32 Å². The molecule has 0 aromatic rings. The van der Waals surface area contributed by atoms with E-state index in [-0.39, 0.29) is 5.78 Å². The molecule has 0 spiro atoms. The van der Waals surface area contributed by atoms with E-state index < -0.39 is 12.1 Å². The lowest BCUT2D eigenvalue weighted by Gasteiger charge is -2.20. The summed E-state index contributed by atoms with van der Waals surface area (Å²) in [6.07, 6.45) is 0.310. The van der Waals surface area contributed by atoms with Crippen molar-refractivity contribution in [1.82, 2.24) is 5.32 Å². The number of carboxylic acids is 1. The van der Waals surface area contributed by atoms with Crippen LogP contribution in [0.15, 0.2) is 23.3 Å². The molecular weight excluding hydrogens is 251 g/mol. The summed E-state index contributed by atoms with van der Waals surface area (Å²) in [5.41, 5.74) is 2.67. The van der Waals surface area contributed by atoms with E-state index in [9.17, 15) is 18.0 Å². The van der Waals surface area contributed by atoms with Crippen LogP contribution in [0.25, 0.3) is 0 Å². The normalized spacial score (nSPS) is 18.9. The number of carbonyl (C=O) groups is 2. The van der Waals surface area contributed by atoms with Crippen molar-refractivity contribution >= 4 is 11.8 Å². The molecule has 0 fully saturated rings. The Hall–Kier alpha value is -1.63. The van der Waals surface area contributed by atoms with Gasteiger partial charge in [0.1, 0.15) is 0 Å². The zero-order valence-corrected chi connectivity index (χ0v) is 9.38. The molecule has 1 aliphatic carbocycles. The number of hydrogen-bond donors (Lipinski definition) is 2. The molecule has 0 radical (unpaired) electrons. The average molecular weight is 263 g/mol. The SMILES string of the molecule is O=C(O)C(F)(F)F.O=C1C=CC2=C(CNCC2)C1. The van der Waals surface area contributed by atoms with Crippen molar-refractivity contribution in [3.8, 4) is 0 Å². The molecule has 0 atom stereocenters. The van der Waals surface area contributed by atoms with Crippen LogP contribution in [-0.4, -0.2) is 36.1 Å². The topological polar surface area (TPSA) is 66.4 Å². The van der Waals surface area contributed by atoms with Crippen molar-refractivity contribution < 1.29 is 27.9 Å². The molecule has 7 heteroatoms. The standard InChI is InChI=1S/C9H11NO.C2HF3O2/c11-9-2-1-7-3-4-10-6-8(7)5-9;3-2(4,5)1(6)7/h1-2,10H,3-6H2;(H,6,7). The number of hydrogen-bond acceptors (Lipinski definition) is 3. The minimum absolute atomic E-state index is 0.243. The molecule has 1 heterocycles. The Kier molecular flexibility index (Phi) is 4.66. The number of allylic oxidation sites excluding steroid dienone is 2. The molecule has 2 N–H and O–H groups in total. The van der Waals surface area contributed by atoms with Gasteiger partial charge in [-0.05, 0) is 30.2 Å². The first-order chi connectivity index (χ1) is 8.30. The fraction of sp³-hybridized carbons (Fsp3) is 0.455. The second-order valence-electron chi connectivity index (χ2n) is 3.83. The van der Waals surface area contributed by atoms with E-state index in [2.05, 4.69) is 5.32 Å². The first-order valence-electron chi connectivity index (χ1n) is 5.23. The van der Waals surface area contributed by atoms with E-state index in [4.69, 9.17) is 9.90 Å². The number of carbonyl (C=O) groups excluding carboxylic acids is 1. The maximum absolute atomic E-state index is 11.0. The fourth-order valence-electron chi connectivity index (χ4n) is 1.59. The third kappa shape index (κ3) is 4.33. The highest BCUT2D eigenvalue weighted by atomic mass is 19.4. The number of ketones is 1. The molecule has 0 bridgehead atoms. The average Bonchev–Trinajstić information content (AvgIpc) is 2.28. The highest BCUT2D eigenvalue weighted by molar-refractivity contribution is 5.93. The minimum atomic E-state index is -5.08. The van der Waals surface area contributed by atoms with E-state index >= 15 is 0 Å². The van der Waals surface area contributed by atoms with Crippen LogP contribution in [0.2, 0.25) is 0 Å². The minimum Gasteiger partial charge on any atom is -0.475 e. The number of nitrogens with one attached hydrogen (secondary N) is 1. The number of halogens is 3. The zero-order valence-electron chi connectivity index (χ0n) is 9.38. The molecule has 2 aliphatic rings. The molecule has 2 rings (SSSR count). The predicted molar refractivity (Wildman–Crippen MR) is 57.0 cm³/mol. The smallest absolute Gasteiger partial charge is 0.475 e. The third-order valence-corrected chi connectivity index (χ3v) is 2.46. The second-order valence-corrected chi connectivity index (χ2v) is 3.83.